The molecule has 0 radical (unpaired) electrons. The maximum Gasteiger partial charge on any atom is 0.227 e. The van der Waals surface area contributed by atoms with E-state index in [2.05, 4.69) is 0 Å². The molecule has 2 aromatic rings. The van der Waals surface area contributed by atoms with Gasteiger partial charge in [-0.15, -0.1) is 12.4 Å². The van der Waals surface area contributed by atoms with Gasteiger partial charge in [0.1, 0.15) is 5.75 Å². The second kappa shape index (κ2) is 10.2. The normalized spacial score (nSPS) is 13.9. The lowest BCUT2D eigenvalue weighted by atomic mass is 9.93. The predicted octanol–water partition coefficient (Wildman–Crippen LogP) is 3.84. The third-order valence-electron chi connectivity index (χ3n) is 4.83. The summed E-state index contributed by atoms with van der Waals surface area (Å²) in [4.78, 5) is 14.7. The molecule has 2 rings (SSSR count). The van der Waals surface area contributed by atoms with Crippen LogP contribution in [0.2, 0.25) is 0 Å². The smallest absolute Gasteiger partial charge is 0.227 e. The Morgan fingerprint density at radius 3 is 2.27 bits per heavy atom. The molecule has 3 atom stereocenters. The average molecular weight is 377 g/mol. The van der Waals surface area contributed by atoms with Crippen molar-refractivity contribution in [3.63, 3.8) is 0 Å². The molecule has 26 heavy (non-hydrogen) atoms. The SMILES string of the molecule is COc1ccccc1CC(C)N(C)C(=O)C(C)C(N)c1ccccc1.Cl. The van der Waals surface area contributed by atoms with E-state index in [1.807, 2.05) is 75.5 Å². The Hall–Kier alpha value is -2.04. The molecule has 1 amide bonds. The molecule has 0 heterocycles. The van der Waals surface area contributed by atoms with E-state index >= 15 is 0 Å². The summed E-state index contributed by atoms with van der Waals surface area (Å²) in [5, 5.41) is 0. The number of nitrogens with two attached hydrogens (primary N) is 1. The molecular formula is C21H29ClN2O2. The summed E-state index contributed by atoms with van der Waals surface area (Å²) >= 11 is 0. The van der Waals surface area contributed by atoms with Crippen LogP contribution in [-0.2, 0) is 11.2 Å². The van der Waals surface area contributed by atoms with Gasteiger partial charge >= 0.3 is 0 Å². The summed E-state index contributed by atoms with van der Waals surface area (Å²) in [6, 6.07) is 17.4. The first kappa shape index (κ1) is 22.0. The summed E-state index contributed by atoms with van der Waals surface area (Å²) in [5.74, 6) is 0.621. The molecule has 0 bridgehead atoms. The second-order valence-electron chi connectivity index (χ2n) is 6.54. The highest BCUT2D eigenvalue weighted by Gasteiger charge is 2.27. The van der Waals surface area contributed by atoms with Crippen molar-refractivity contribution in [1.82, 2.24) is 4.90 Å². The van der Waals surface area contributed by atoms with Crippen molar-refractivity contribution in [3.8, 4) is 5.75 Å². The molecule has 3 unspecified atom stereocenters. The Morgan fingerprint density at radius 1 is 1.08 bits per heavy atom. The van der Waals surface area contributed by atoms with Gasteiger partial charge in [-0.2, -0.15) is 0 Å². The molecule has 2 N–H and O–H groups in total. The molecule has 0 aromatic heterocycles. The van der Waals surface area contributed by atoms with E-state index in [0.29, 0.717) is 0 Å². The van der Waals surface area contributed by atoms with E-state index in [-0.39, 0.29) is 36.3 Å². The van der Waals surface area contributed by atoms with Crippen LogP contribution in [0.5, 0.6) is 5.75 Å². The largest absolute Gasteiger partial charge is 0.496 e. The van der Waals surface area contributed by atoms with E-state index in [1.54, 1.807) is 12.0 Å². The Kier molecular flexibility index (Phi) is 8.62. The fraction of sp³-hybridized carbons (Fsp3) is 0.381. The van der Waals surface area contributed by atoms with Gasteiger partial charge in [0, 0.05) is 19.1 Å². The maximum atomic E-state index is 12.9. The minimum Gasteiger partial charge on any atom is -0.496 e. The summed E-state index contributed by atoms with van der Waals surface area (Å²) in [7, 11) is 3.51. The van der Waals surface area contributed by atoms with E-state index in [0.717, 1.165) is 23.3 Å². The number of carbonyl (C=O) groups is 1. The minimum absolute atomic E-state index is 0. The number of nitrogens with zero attached hydrogens (tertiary/aromatic N) is 1. The molecule has 142 valence electrons. The van der Waals surface area contributed by atoms with Crippen LogP contribution in [0.3, 0.4) is 0 Å². The number of hydrogen-bond acceptors (Lipinski definition) is 3. The van der Waals surface area contributed by atoms with Crippen molar-refractivity contribution in [2.24, 2.45) is 11.7 Å². The Balaban J connectivity index is 0.00000338. The lowest BCUT2D eigenvalue weighted by molar-refractivity contribution is -0.136. The number of carbonyl (C=O) groups excluding carboxylic acids is 1. The lowest BCUT2D eigenvalue weighted by Gasteiger charge is -2.30. The Labute approximate surface area is 162 Å². The van der Waals surface area contributed by atoms with E-state index in [9.17, 15) is 4.79 Å². The van der Waals surface area contributed by atoms with Crippen LogP contribution in [0, 0.1) is 5.92 Å². The van der Waals surface area contributed by atoms with E-state index < -0.39 is 0 Å². The van der Waals surface area contributed by atoms with Crippen molar-refractivity contribution in [2.45, 2.75) is 32.4 Å². The standard InChI is InChI=1S/C21H28N2O2.ClH/c1-15(14-18-12-8-9-13-19(18)25-4)23(3)21(24)16(2)20(22)17-10-6-5-7-11-17;/h5-13,15-16,20H,14,22H2,1-4H3;1H. The molecule has 0 aliphatic carbocycles. The predicted molar refractivity (Wildman–Crippen MR) is 109 cm³/mol. The molecule has 0 aliphatic heterocycles. The van der Waals surface area contributed by atoms with Crippen LogP contribution in [-0.4, -0.2) is 31.0 Å². The zero-order valence-electron chi connectivity index (χ0n) is 15.9. The summed E-state index contributed by atoms with van der Waals surface area (Å²) in [5.41, 5.74) is 8.38. The first-order chi connectivity index (χ1) is 12.0. The Morgan fingerprint density at radius 2 is 1.65 bits per heavy atom. The summed E-state index contributed by atoms with van der Waals surface area (Å²) < 4.78 is 5.41. The molecule has 2 aromatic carbocycles. The van der Waals surface area contributed by atoms with Crippen LogP contribution in [0.4, 0.5) is 0 Å². The zero-order valence-corrected chi connectivity index (χ0v) is 16.7. The summed E-state index contributed by atoms with van der Waals surface area (Å²) in [6.45, 7) is 3.94. The molecule has 0 saturated carbocycles. The number of para-hydroxylation sites is 1. The second-order valence-corrected chi connectivity index (χ2v) is 6.54. The van der Waals surface area contributed by atoms with Gasteiger partial charge in [0.25, 0.3) is 0 Å². The van der Waals surface area contributed by atoms with Crippen LogP contribution < -0.4 is 10.5 Å². The molecule has 0 aliphatic rings. The average Bonchev–Trinajstić information content (AvgIpc) is 2.66. The van der Waals surface area contributed by atoms with Crippen molar-refractivity contribution in [1.29, 1.82) is 0 Å². The van der Waals surface area contributed by atoms with Gasteiger partial charge in [-0.25, -0.2) is 0 Å². The molecule has 4 nitrogen and oxygen atoms in total. The number of halogens is 1. The fourth-order valence-electron chi connectivity index (χ4n) is 2.98. The lowest BCUT2D eigenvalue weighted by Crippen LogP contribution is -2.42. The van der Waals surface area contributed by atoms with Gasteiger partial charge in [-0.3, -0.25) is 4.79 Å². The van der Waals surface area contributed by atoms with E-state index in [4.69, 9.17) is 10.5 Å². The molecular weight excluding hydrogens is 348 g/mol. The molecule has 5 heteroatoms. The van der Waals surface area contributed by atoms with Gasteiger partial charge in [-0.1, -0.05) is 55.5 Å². The van der Waals surface area contributed by atoms with Crippen molar-refractivity contribution in [2.75, 3.05) is 14.2 Å². The van der Waals surface area contributed by atoms with Crippen LogP contribution >= 0.6 is 12.4 Å². The molecule has 0 fully saturated rings. The first-order valence-electron chi connectivity index (χ1n) is 8.64. The number of rotatable bonds is 7. The van der Waals surface area contributed by atoms with Crippen molar-refractivity contribution < 1.29 is 9.53 Å². The third-order valence-corrected chi connectivity index (χ3v) is 4.83. The topological polar surface area (TPSA) is 55.6 Å². The zero-order chi connectivity index (χ0) is 18.4. The van der Waals surface area contributed by atoms with Crippen molar-refractivity contribution >= 4 is 18.3 Å². The summed E-state index contributed by atoms with van der Waals surface area (Å²) in [6.07, 6.45) is 0.736. The quantitative estimate of drug-likeness (QED) is 0.798. The monoisotopic (exact) mass is 376 g/mol. The highest BCUT2D eigenvalue weighted by atomic mass is 35.5. The van der Waals surface area contributed by atoms with Gasteiger partial charge in [0.15, 0.2) is 0 Å². The number of ether oxygens (including phenoxy) is 1. The highest BCUT2D eigenvalue weighted by molar-refractivity contribution is 5.85. The maximum absolute atomic E-state index is 12.9. The van der Waals surface area contributed by atoms with E-state index in [1.165, 1.54) is 0 Å². The van der Waals surface area contributed by atoms with Crippen molar-refractivity contribution in [3.05, 3.63) is 65.7 Å². The fourth-order valence-corrected chi connectivity index (χ4v) is 2.98. The Bertz CT molecular complexity index is 693. The molecule has 0 spiro atoms. The number of likely N-dealkylation sites (N-methyl/N-ethyl adjacent to an activating group) is 1. The van der Waals surface area contributed by atoms with Crippen LogP contribution in [0.25, 0.3) is 0 Å². The number of methoxy groups -OCH3 is 1. The number of amides is 1. The van der Waals surface area contributed by atoms with Gasteiger partial charge in [0.05, 0.1) is 13.0 Å². The van der Waals surface area contributed by atoms with Gasteiger partial charge in [-0.05, 0) is 30.5 Å². The molecule has 0 saturated heterocycles. The van der Waals surface area contributed by atoms with Gasteiger partial charge < -0.3 is 15.4 Å². The van der Waals surface area contributed by atoms with Gasteiger partial charge in [0.2, 0.25) is 5.91 Å². The number of benzene rings is 2. The first-order valence-corrected chi connectivity index (χ1v) is 8.64. The van der Waals surface area contributed by atoms with Crippen LogP contribution in [0.15, 0.2) is 54.6 Å². The number of hydrogen-bond donors (Lipinski definition) is 1. The third kappa shape index (κ3) is 5.23. The highest BCUT2D eigenvalue weighted by Crippen LogP contribution is 2.24. The van der Waals surface area contributed by atoms with Crippen LogP contribution in [0.1, 0.15) is 31.0 Å². The minimum atomic E-state index is -0.311.